The second-order valence-corrected chi connectivity index (χ2v) is 6.20. The monoisotopic (exact) mass is 347 g/mol. The summed E-state index contributed by atoms with van der Waals surface area (Å²) < 4.78 is 12.2. The number of benzene rings is 2. The molecule has 1 atom stereocenters. The molecular formula is C17H18BrNO2. The molecule has 0 aromatic heterocycles. The van der Waals surface area contributed by atoms with Gasteiger partial charge < -0.3 is 15.2 Å². The molecule has 1 aliphatic rings. The zero-order chi connectivity index (χ0) is 15.0. The standard InChI is InChI=1S/C17H18BrNO2/c1-10-3-4-11(8-15(10)20-2)16(19)14-9-13(18)7-12-5-6-21-17(12)14/h3-4,7-9,16H,5-6,19H2,1-2H3. The van der Waals surface area contributed by atoms with Gasteiger partial charge in [-0.05, 0) is 41.8 Å². The lowest BCUT2D eigenvalue weighted by molar-refractivity contribution is 0.352. The van der Waals surface area contributed by atoms with Gasteiger partial charge in [-0.3, -0.25) is 0 Å². The van der Waals surface area contributed by atoms with Crippen molar-refractivity contribution in [3.05, 3.63) is 57.1 Å². The van der Waals surface area contributed by atoms with E-state index in [1.54, 1.807) is 7.11 Å². The summed E-state index contributed by atoms with van der Waals surface area (Å²) in [5.74, 6) is 1.79. The van der Waals surface area contributed by atoms with E-state index in [9.17, 15) is 0 Å². The first kappa shape index (κ1) is 14.4. The maximum atomic E-state index is 6.48. The number of nitrogens with two attached hydrogens (primary N) is 1. The van der Waals surface area contributed by atoms with Gasteiger partial charge in [0.05, 0.1) is 19.8 Å². The summed E-state index contributed by atoms with van der Waals surface area (Å²) in [6.45, 7) is 2.75. The summed E-state index contributed by atoms with van der Waals surface area (Å²) in [6, 6.07) is 10.00. The van der Waals surface area contributed by atoms with E-state index < -0.39 is 0 Å². The van der Waals surface area contributed by atoms with Crippen molar-refractivity contribution in [3.8, 4) is 11.5 Å². The largest absolute Gasteiger partial charge is 0.496 e. The van der Waals surface area contributed by atoms with Gasteiger partial charge in [0.25, 0.3) is 0 Å². The highest BCUT2D eigenvalue weighted by molar-refractivity contribution is 9.10. The van der Waals surface area contributed by atoms with Crippen LogP contribution in [0.3, 0.4) is 0 Å². The van der Waals surface area contributed by atoms with Crippen molar-refractivity contribution in [1.82, 2.24) is 0 Å². The Hall–Kier alpha value is -1.52. The minimum Gasteiger partial charge on any atom is -0.496 e. The van der Waals surface area contributed by atoms with Crippen LogP contribution in [0.25, 0.3) is 0 Å². The molecule has 0 radical (unpaired) electrons. The molecule has 0 amide bonds. The van der Waals surface area contributed by atoms with Crippen molar-refractivity contribution in [2.75, 3.05) is 13.7 Å². The van der Waals surface area contributed by atoms with Crippen LogP contribution in [-0.2, 0) is 6.42 Å². The predicted molar refractivity (Wildman–Crippen MR) is 87.1 cm³/mol. The van der Waals surface area contributed by atoms with Crippen LogP contribution >= 0.6 is 15.9 Å². The van der Waals surface area contributed by atoms with Crippen LogP contribution in [0.4, 0.5) is 0 Å². The van der Waals surface area contributed by atoms with Crippen molar-refractivity contribution >= 4 is 15.9 Å². The molecule has 2 aromatic carbocycles. The molecule has 0 bridgehead atoms. The molecule has 0 fully saturated rings. The Morgan fingerprint density at radius 2 is 2.10 bits per heavy atom. The van der Waals surface area contributed by atoms with Crippen molar-refractivity contribution in [3.63, 3.8) is 0 Å². The SMILES string of the molecule is COc1cc(C(N)c2cc(Br)cc3c2OCC3)ccc1C. The number of methoxy groups -OCH3 is 1. The Balaban J connectivity index is 2.05. The van der Waals surface area contributed by atoms with Gasteiger partial charge in [-0.25, -0.2) is 0 Å². The highest BCUT2D eigenvalue weighted by atomic mass is 79.9. The first-order valence-corrected chi connectivity index (χ1v) is 7.74. The molecular weight excluding hydrogens is 330 g/mol. The maximum Gasteiger partial charge on any atom is 0.127 e. The number of fused-ring (bicyclic) bond motifs is 1. The van der Waals surface area contributed by atoms with Gasteiger partial charge in [-0.2, -0.15) is 0 Å². The van der Waals surface area contributed by atoms with Crippen LogP contribution in [0.2, 0.25) is 0 Å². The van der Waals surface area contributed by atoms with E-state index in [0.29, 0.717) is 0 Å². The summed E-state index contributed by atoms with van der Waals surface area (Å²) in [6.07, 6.45) is 0.936. The molecule has 2 aromatic rings. The lowest BCUT2D eigenvalue weighted by atomic mass is 9.95. The van der Waals surface area contributed by atoms with Gasteiger partial charge in [0.2, 0.25) is 0 Å². The van der Waals surface area contributed by atoms with Crippen LogP contribution in [0.1, 0.15) is 28.3 Å². The molecule has 21 heavy (non-hydrogen) atoms. The number of aryl methyl sites for hydroxylation is 1. The number of halogens is 1. The van der Waals surface area contributed by atoms with Crippen LogP contribution in [-0.4, -0.2) is 13.7 Å². The van der Waals surface area contributed by atoms with E-state index in [4.69, 9.17) is 15.2 Å². The second kappa shape index (κ2) is 5.70. The van der Waals surface area contributed by atoms with E-state index in [1.165, 1.54) is 5.56 Å². The molecule has 1 heterocycles. The van der Waals surface area contributed by atoms with Crippen molar-refractivity contribution in [2.24, 2.45) is 5.73 Å². The van der Waals surface area contributed by atoms with Gasteiger partial charge in [-0.15, -0.1) is 0 Å². The van der Waals surface area contributed by atoms with Gasteiger partial charge in [-0.1, -0.05) is 28.1 Å². The summed E-state index contributed by atoms with van der Waals surface area (Å²) in [5, 5.41) is 0. The zero-order valence-corrected chi connectivity index (χ0v) is 13.7. The van der Waals surface area contributed by atoms with Gasteiger partial charge in [0.15, 0.2) is 0 Å². The molecule has 110 valence electrons. The molecule has 1 unspecified atom stereocenters. The highest BCUT2D eigenvalue weighted by Crippen LogP contribution is 2.38. The fraction of sp³-hybridized carbons (Fsp3) is 0.294. The lowest BCUT2D eigenvalue weighted by Gasteiger charge is -2.18. The van der Waals surface area contributed by atoms with Gasteiger partial charge in [0.1, 0.15) is 11.5 Å². The molecule has 0 saturated heterocycles. The van der Waals surface area contributed by atoms with Crippen LogP contribution in [0, 0.1) is 6.92 Å². The fourth-order valence-electron chi connectivity index (χ4n) is 2.74. The summed E-state index contributed by atoms with van der Waals surface area (Å²) in [4.78, 5) is 0. The Morgan fingerprint density at radius 1 is 1.29 bits per heavy atom. The van der Waals surface area contributed by atoms with Crippen molar-refractivity contribution in [2.45, 2.75) is 19.4 Å². The minimum atomic E-state index is -0.233. The van der Waals surface area contributed by atoms with Crippen LogP contribution in [0.5, 0.6) is 11.5 Å². The quantitative estimate of drug-likeness (QED) is 0.919. The number of hydrogen-bond donors (Lipinski definition) is 1. The molecule has 0 aliphatic carbocycles. The average molecular weight is 348 g/mol. The smallest absolute Gasteiger partial charge is 0.127 e. The van der Waals surface area contributed by atoms with Crippen LogP contribution in [0.15, 0.2) is 34.8 Å². The van der Waals surface area contributed by atoms with Crippen LogP contribution < -0.4 is 15.2 Å². The predicted octanol–water partition coefficient (Wildman–Crippen LogP) is 3.75. The summed E-state index contributed by atoms with van der Waals surface area (Å²) >= 11 is 3.56. The van der Waals surface area contributed by atoms with Crippen molar-refractivity contribution < 1.29 is 9.47 Å². The first-order valence-electron chi connectivity index (χ1n) is 6.95. The lowest BCUT2D eigenvalue weighted by Crippen LogP contribution is -2.13. The van der Waals surface area contributed by atoms with E-state index in [2.05, 4.69) is 22.0 Å². The Bertz CT molecular complexity index is 685. The third-order valence-corrected chi connectivity index (χ3v) is 4.36. The fourth-order valence-corrected chi connectivity index (χ4v) is 3.26. The second-order valence-electron chi connectivity index (χ2n) is 5.29. The average Bonchev–Trinajstić information content (AvgIpc) is 2.94. The van der Waals surface area contributed by atoms with E-state index in [0.717, 1.165) is 45.7 Å². The summed E-state index contributed by atoms with van der Waals surface area (Å²) in [7, 11) is 1.68. The topological polar surface area (TPSA) is 44.5 Å². The number of ether oxygens (including phenoxy) is 2. The number of hydrogen-bond acceptors (Lipinski definition) is 3. The third kappa shape index (κ3) is 2.65. The van der Waals surface area contributed by atoms with Gasteiger partial charge in [0, 0.05) is 16.5 Å². The molecule has 0 saturated carbocycles. The van der Waals surface area contributed by atoms with E-state index in [1.807, 2.05) is 31.2 Å². The normalized spacial score (nSPS) is 14.5. The molecule has 3 nitrogen and oxygen atoms in total. The molecule has 0 spiro atoms. The Morgan fingerprint density at radius 3 is 2.86 bits per heavy atom. The first-order chi connectivity index (χ1) is 10.1. The Labute approximate surface area is 133 Å². The molecule has 1 aliphatic heterocycles. The van der Waals surface area contributed by atoms with Crippen molar-refractivity contribution in [1.29, 1.82) is 0 Å². The molecule has 3 rings (SSSR count). The third-order valence-electron chi connectivity index (χ3n) is 3.90. The van der Waals surface area contributed by atoms with Gasteiger partial charge >= 0.3 is 0 Å². The number of rotatable bonds is 3. The van der Waals surface area contributed by atoms with E-state index >= 15 is 0 Å². The summed E-state index contributed by atoms with van der Waals surface area (Å²) in [5.41, 5.74) is 10.8. The molecule has 2 N–H and O–H groups in total. The molecule has 4 heteroatoms. The van der Waals surface area contributed by atoms with E-state index in [-0.39, 0.29) is 6.04 Å². The highest BCUT2D eigenvalue weighted by Gasteiger charge is 2.22. The maximum absolute atomic E-state index is 6.48. The Kier molecular flexibility index (Phi) is 3.91. The zero-order valence-electron chi connectivity index (χ0n) is 12.2. The minimum absolute atomic E-state index is 0.233.